The summed E-state index contributed by atoms with van der Waals surface area (Å²) in [5, 5.41) is 13.4. The zero-order chi connectivity index (χ0) is 15.3. The first-order valence-electron chi connectivity index (χ1n) is 6.04. The number of rotatable bonds is 3. The summed E-state index contributed by atoms with van der Waals surface area (Å²) >= 11 is 5.76. The number of alkyl halides is 2. The van der Waals surface area contributed by atoms with Gasteiger partial charge in [-0.15, -0.1) is 0 Å². The fraction of sp³-hybridized carbons (Fsp3) is 0.308. The van der Waals surface area contributed by atoms with Crippen molar-refractivity contribution in [2.24, 2.45) is 0 Å². The molecule has 0 unspecified atom stereocenters. The smallest absolute Gasteiger partial charge is 0.319 e. The van der Waals surface area contributed by atoms with Crippen LogP contribution in [0.4, 0.5) is 8.78 Å². The van der Waals surface area contributed by atoms with Gasteiger partial charge >= 0.3 is 5.97 Å². The highest BCUT2D eigenvalue weighted by molar-refractivity contribution is 6.30. The van der Waals surface area contributed by atoms with E-state index in [1.165, 1.54) is 0 Å². The summed E-state index contributed by atoms with van der Waals surface area (Å²) in [7, 11) is 0. The van der Waals surface area contributed by atoms with Crippen LogP contribution in [0.1, 0.15) is 18.7 Å². The first-order valence-corrected chi connectivity index (χ1v) is 6.42. The first kappa shape index (κ1) is 13.9. The second kappa shape index (κ2) is 4.49. The Morgan fingerprint density at radius 2 is 1.90 bits per heavy atom. The minimum atomic E-state index is -3.02. The largest absolute Gasteiger partial charge is 0.480 e. The average molecular weight is 315 g/mol. The van der Waals surface area contributed by atoms with Crippen molar-refractivity contribution >= 4 is 17.6 Å². The molecule has 1 aliphatic rings. The van der Waals surface area contributed by atoms with E-state index in [0.717, 1.165) is 0 Å². The third-order valence-corrected chi connectivity index (χ3v) is 3.72. The van der Waals surface area contributed by atoms with Crippen molar-refractivity contribution < 1.29 is 23.2 Å². The van der Waals surface area contributed by atoms with Crippen molar-refractivity contribution in [3.05, 3.63) is 35.2 Å². The summed E-state index contributed by atoms with van der Waals surface area (Å²) in [6.45, 7) is 0. The van der Waals surface area contributed by atoms with E-state index in [0.29, 0.717) is 10.6 Å². The molecule has 1 aliphatic carbocycles. The van der Waals surface area contributed by atoms with E-state index in [1.54, 1.807) is 24.3 Å². The fourth-order valence-corrected chi connectivity index (χ4v) is 2.49. The third kappa shape index (κ3) is 2.27. The fourth-order valence-electron chi connectivity index (χ4n) is 2.36. The van der Waals surface area contributed by atoms with Crippen LogP contribution in [0.25, 0.3) is 11.4 Å². The van der Waals surface area contributed by atoms with E-state index in [1.807, 2.05) is 0 Å². The van der Waals surface area contributed by atoms with Crippen LogP contribution in [0.15, 0.2) is 28.8 Å². The minimum Gasteiger partial charge on any atom is -0.480 e. The molecule has 1 aromatic carbocycles. The Hall–Kier alpha value is -2.02. The number of hydrogen-bond acceptors (Lipinski definition) is 4. The molecule has 0 atom stereocenters. The SMILES string of the molecule is O=C(O)C1(c2nc(-c3ccc(Cl)cc3)no2)CC(F)(F)C1. The lowest BCUT2D eigenvalue weighted by atomic mass is 9.66. The average Bonchev–Trinajstić information content (AvgIpc) is 2.85. The van der Waals surface area contributed by atoms with Crippen LogP contribution in [-0.2, 0) is 10.2 Å². The number of nitrogens with zero attached hydrogens (tertiary/aromatic N) is 2. The van der Waals surface area contributed by atoms with Gasteiger partial charge in [-0.1, -0.05) is 16.8 Å². The molecule has 0 bridgehead atoms. The van der Waals surface area contributed by atoms with Crippen LogP contribution >= 0.6 is 11.6 Å². The quantitative estimate of drug-likeness (QED) is 0.941. The lowest BCUT2D eigenvalue weighted by Gasteiger charge is -2.40. The van der Waals surface area contributed by atoms with Gasteiger partial charge in [0.1, 0.15) is 0 Å². The van der Waals surface area contributed by atoms with Crippen molar-refractivity contribution in [2.75, 3.05) is 0 Å². The number of carboxylic acids is 1. The van der Waals surface area contributed by atoms with Crippen LogP contribution in [0.2, 0.25) is 5.02 Å². The predicted molar refractivity (Wildman–Crippen MR) is 68.2 cm³/mol. The van der Waals surface area contributed by atoms with Gasteiger partial charge in [-0.2, -0.15) is 4.98 Å². The summed E-state index contributed by atoms with van der Waals surface area (Å²) in [5.41, 5.74) is -1.25. The van der Waals surface area contributed by atoms with Crippen molar-refractivity contribution in [2.45, 2.75) is 24.2 Å². The van der Waals surface area contributed by atoms with Crippen LogP contribution in [0.3, 0.4) is 0 Å². The summed E-state index contributed by atoms with van der Waals surface area (Å²) in [5.74, 6) is -4.57. The molecule has 0 aliphatic heterocycles. The molecule has 2 aromatic rings. The highest BCUT2D eigenvalue weighted by Crippen LogP contribution is 2.53. The van der Waals surface area contributed by atoms with Gasteiger partial charge in [-0.05, 0) is 24.3 Å². The molecule has 5 nitrogen and oxygen atoms in total. The molecule has 0 saturated heterocycles. The van der Waals surface area contributed by atoms with E-state index in [4.69, 9.17) is 16.1 Å². The van der Waals surface area contributed by atoms with Gasteiger partial charge in [0, 0.05) is 23.4 Å². The van der Waals surface area contributed by atoms with Crippen LogP contribution < -0.4 is 0 Å². The second-order valence-corrected chi connectivity index (χ2v) is 5.46. The molecular formula is C13H9ClF2N2O3. The summed E-state index contributed by atoms with van der Waals surface area (Å²) in [6.07, 6.45) is -1.67. The maximum Gasteiger partial charge on any atom is 0.319 e. The Morgan fingerprint density at radius 1 is 1.29 bits per heavy atom. The summed E-state index contributed by atoms with van der Waals surface area (Å²) < 4.78 is 31.1. The van der Waals surface area contributed by atoms with Crippen molar-refractivity contribution in [3.63, 3.8) is 0 Å². The standard InChI is InChI=1S/C13H9ClF2N2O3/c14-8-3-1-7(2-4-8)9-17-10(21-18-9)12(11(19)20)5-13(15,16)6-12/h1-4H,5-6H2,(H,19,20). The molecule has 110 valence electrons. The highest BCUT2D eigenvalue weighted by Gasteiger charge is 2.65. The lowest BCUT2D eigenvalue weighted by molar-refractivity contribution is -0.178. The highest BCUT2D eigenvalue weighted by atomic mass is 35.5. The summed E-state index contributed by atoms with van der Waals surface area (Å²) in [6, 6.07) is 6.47. The van der Waals surface area contributed by atoms with E-state index in [-0.39, 0.29) is 11.7 Å². The number of halogens is 3. The molecule has 21 heavy (non-hydrogen) atoms. The van der Waals surface area contributed by atoms with E-state index in [9.17, 15) is 18.7 Å². The third-order valence-electron chi connectivity index (χ3n) is 3.47. The zero-order valence-electron chi connectivity index (χ0n) is 10.5. The predicted octanol–water partition coefficient (Wildman–Crippen LogP) is 3.14. The van der Waals surface area contributed by atoms with Crippen molar-refractivity contribution in [3.8, 4) is 11.4 Å². The number of benzene rings is 1. The normalized spacial score (nSPS) is 19.0. The molecule has 3 rings (SSSR count). The van der Waals surface area contributed by atoms with Gasteiger partial charge in [-0.25, -0.2) is 8.78 Å². The van der Waals surface area contributed by atoms with Gasteiger partial charge in [0.15, 0.2) is 5.41 Å². The molecule has 8 heteroatoms. The van der Waals surface area contributed by atoms with Crippen molar-refractivity contribution in [1.82, 2.24) is 10.1 Å². The minimum absolute atomic E-state index is 0.137. The first-order chi connectivity index (χ1) is 9.82. The lowest BCUT2D eigenvalue weighted by Crippen LogP contribution is -2.54. The molecule has 0 amide bonds. The van der Waals surface area contributed by atoms with E-state index < -0.39 is 30.1 Å². The summed E-state index contributed by atoms with van der Waals surface area (Å²) in [4.78, 5) is 15.3. The number of carboxylic acid groups (broad SMARTS) is 1. The Labute approximate surface area is 122 Å². The second-order valence-electron chi connectivity index (χ2n) is 5.03. The number of aliphatic carboxylic acids is 1. The maximum atomic E-state index is 13.1. The topological polar surface area (TPSA) is 76.2 Å². The number of aromatic nitrogens is 2. The molecule has 0 spiro atoms. The van der Waals surface area contributed by atoms with Crippen LogP contribution in [-0.4, -0.2) is 27.1 Å². The van der Waals surface area contributed by atoms with Crippen molar-refractivity contribution in [1.29, 1.82) is 0 Å². The Bertz CT molecular complexity index is 692. The zero-order valence-corrected chi connectivity index (χ0v) is 11.3. The van der Waals surface area contributed by atoms with Gasteiger partial charge in [-0.3, -0.25) is 4.79 Å². The monoisotopic (exact) mass is 314 g/mol. The van der Waals surface area contributed by atoms with Gasteiger partial charge < -0.3 is 9.63 Å². The van der Waals surface area contributed by atoms with E-state index in [2.05, 4.69) is 10.1 Å². The van der Waals surface area contributed by atoms with Crippen LogP contribution in [0, 0.1) is 0 Å². The van der Waals surface area contributed by atoms with Crippen LogP contribution in [0.5, 0.6) is 0 Å². The molecule has 1 fully saturated rings. The van der Waals surface area contributed by atoms with E-state index >= 15 is 0 Å². The Balaban J connectivity index is 1.94. The molecular weight excluding hydrogens is 306 g/mol. The number of hydrogen-bond donors (Lipinski definition) is 1. The number of carbonyl (C=O) groups is 1. The van der Waals surface area contributed by atoms with Gasteiger partial charge in [0.05, 0.1) is 0 Å². The molecule has 1 aromatic heterocycles. The van der Waals surface area contributed by atoms with Gasteiger partial charge in [0.25, 0.3) is 5.92 Å². The van der Waals surface area contributed by atoms with Gasteiger partial charge in [0.2, 0.25) is 11.7 Å². The molecule has 1 saturated carbocycles. The molecule has 1 heterocycles. The molecule has 0 radical (unpaired) electrons. The molecule has 1 N–H and O–H groups in total. The Morgan fingerprint density at radius 3 is 2.43 bits per heavy atom. The Kier molecular flexibility index (Phi) is 2.98. The maximum absolute atomic E-state index is 13.1.